The van der Waals surface area contributed by atoms with E-state index >= 15 is 0 Å². The molecule has 0 fully saturated rings. The van der Waals surface area contributed by atoms with Crippen molar-refractivity contribution in [1.29, 1.82) is 0 Å². The average Bonchev–Trinajstić information content (AvgIpc) is 2.67. The Morgan fingerprint density at radius 3 is 2.61 bits per heavy atom. The van der Waals surface area contributed by atoms with E-state index in [2.05, 4.69) is 56.2 Å². The zero-order valence-corrected chi connectivity index (χ0v) is 20.4. The second kappa shape index (κ2) is 11.2. The lowest BCUT2D eigenvalue weighted by atomic mass is 10.1. The monoisotopic (exact) mass is 529 g/mol. The summed E-state index contributed by atoms with van der Waals surface area (Å²) in [6.07, 6.45) is 4.42. The highest BCUT2D eigenvalue weighted by Gasteiger charge is 2.11. The van der Waals surface area contributed by atoms with Gasteiger partial charge in [0.1, 0.15) is 5.75 Å². The number of amides is 1. The first kappa shape index (κ1) is 23.2. The van der Waals surface area contributed by atoms with Crippen molar-refractivity contribution in [3.63, 3.8) is 0 Å². The highest BCUT2D eigenvalue weighted by atomic mass is 79.9. The molecule has 1 N–H and O–H groups in total. The predicted molar refractivity (Wildman–Crippen MR) is 125 cm³/mol. The summed E-state index contributed by atoms with van der Waals surface area (Å²) >= 11 is 13.3. The van der Waals surface area contributed by atoms with Crippen molar-refractivity contribution in [2.75, 3.05) is 11.9 Å². The van der Waals surface area contributed by atoms with Crippen LogP contribution in [0.25, 0.3) is 0 Å². The maximum absolute atomic E-state index is 12.2. The molecule has 0 aliphatic carbocycles. The molecule has 2 aromatic rings. The topological polar surface area (TPSA) is 38.3 Å². The van der Waals surface area contributed by atoms with Crippen molar-refractivity contribution in [2.45, 2.75) is 52.9 Å². The summed E-state index contributed by atoms with van der Waals surface area (Å²) < 4.78 is 7.62. The van der Waals surface area contributed by atoms with Gasteiger partial charge in [0, 0.05) is 15.9 Å². The average molecular weight is 532 g/mol. The van der Waals surface area contributed by atoms with Crippen molar-refractivity contribution >= 4 is 55.1 Å². The zero-order valence-electron chi connectivity index (χ0n) is 16.5. The minimum atomic E-state index is -0.0202. The molecule has 28 heavy (non-hydrogen) atoms. The summed E-state index contributed by atoms with van der Waals surface area (Å²) in [5.41, 5.74) is 4.01. The lowest BCUT2D eigenvalue weighted by Crippen LogP contribution is -2.13. The lowest BCUT2D eigenvalue weighted by Gasteiger charge is -2.13. The van der Waals surface area contributed by atoms with Gasteiger partial charge in [-0.1, -0.05) is 31.0 Å². The molecule has 152 valence electrons. The van der Waals surface area contributed by atoms with Crippen molar-refractivity contribution in [3.05, 3.63) is 54.9 Å². The third-order valence-electron chi connectivity index (χ3n) is 4.50. The molecule has 6 heteroatoms. The van der Waals surface area contributed by atoms with Crippen LogP contribution in [-0.4, -0.2) is 12.5 Å². The zero-order chi connectivity index (χ0) is 20.7. The number of hydrogen-bond acceptors (Lipinski definition) is 2. The molecule has 0 atom stereocenters. The minimum Gasteiger partial charge on any atom is -0.492 e. The number of ether oxygens (including phenoxy) is 1. The SMILES string of the molecule is CCCCc1ccc(NC(=O)CCCOc2cc(C)c(Cl)c(C)c2Br)c(Br)c1. The van der Waals surface area contributed by atoms with Crippen LogP contribution in [0.4, 0.5) is 5.69 Å². The van der Waals surface area contributed by atoms with E-state index < -0.39 is 0 Å². The second-order valence-corrected chi connectivity index (χ2v) is 8.89. The molecule has 0 saturated carbocycles. The summed E-state index contributed by atoms with van der Waals surface area (Å²) in [4.78, 5) is 12.2. The number of hydrogen-bond donors (Lipinski definition) is 1. The number of carbonyl (C=O) groups is 1. The van der Waals surface area contributed by atoms with Gasteiger partial charge in [-0.2, -0.15) is 0 Å². The van der Waals surface area contributed by atoms with Crippen LogP contribution in [0.2, 0.25) is 5.02 Å². The maximum atomic E-state index is 12.2. The van der Waals surface area contributed by atoms with Gasteiger partial charge in [-0.15, -0.1) is 0 Å². The highest BCUT2D eigenvalue weighted by molar-refractivity contribution is 9.11. The largest absolute Gasteiger partial charge is 0.492 e. The Kier molecular flexibility index (Phi) is 9.32. The summed E-state index contributed by atoms with van der Waals surface area (Å²) in [5.74, 6) is 0.735. The predicted octanol–water partition coefficient (Wildman–Crippen LogP) is 7.62. The first-order valence-corrected chi connectivity index (χ1v) is 11.5. The van der Waals surface area contributed by atoms with Gasteiger partial charge >= 0.3 is 0 Å². The van der Waals surface area contributed by atoms with Crippen molar-refractivity contribution in [1.82, 2.24) is 0 Å². The van der Waals surface area contributed by atoms with Crippen molar-refractivity contribution < 1.29 is 9.53 Å². The third-order valence-corrected chi connectivity index (χ3v) is 6.72. The molecule has 3 nitrogen and oxygen atoms in total. The van der Waals surface area contributed by atoms with Crippen LogP contribution in [0.3, 0.4) is 0 Å². The Bertz CT molecular complexity index is 840. The number of carbonyl (C=O) groups excluding carboxylic acids is 1. The Balaban J connectivity index is 1.82. The fourth-order valence-electron chi connectivity index (χ4n) is 2.83. The molecule has 0 heterocycles. The molecule has 0 unspecified atom stereocenters. The summed E-state index contributed by atoms with van der Waals surface area (Å²) in [6, 6.07) is 8.02. The standard InChI is InChI=1S/C22H26Br2ClNO2/c1-4-5-7-16-9-10-18(17(23)13-16)26-20(27)8-6-11-28-19-12-14(2)22(25)15(3)21(19)24/h9-10,12-13H,4-8,11H2,1-3H3,(H,26,27). The lowest BCUT2D eigenvalue weighted by molar-refractivity contribution is -0.116. The molecule has 2 aromatic carbocycles. The Morgan fingerprint density at radius 1 is 1.18 bits per heavy atom. The van der Waals surface area contributed by atoms with Gasteiger partial charge in [0.15, 0.2) is 0 Å². The van der Waals surface area contributed by atoms with E-state index in [-0.39, 0.29) is 5.91 Å². The van der Waals surface area contributed by atoms with Gasteiger partial charge in [0.25, 0.3) is 0 Å². The first-order valence-electron chi connectivity index (χ1n) is 9.49. The van der Waals surface area contributed by atoms with Crippen LogP contribution in [-0.2, 0) is 11.2 Å². The van der Waals surface area contributed by atoms with E-state index in [0.717, 1.165) is 43.0 Å². The van der Waals surface area contributed by atoms with Gasteiger partial charge in [-0.25, -0.2) is 0 Å². The number of nitrogens with one attached hydrogen (secondary N) is 1. The van der Waals surface area contributed by atoms with Gasteiger partial charge in [0.05, 0.1) is 16.8 Å². The summed E-state index contributed by atoms with van der Waals surface area (Å²) in [5, 5.41) is 3.70. The molecule has 0 spiro atoms. The number of halogens is 3. The van der Waals surface area contributed by atoms with E-state index in [0.29, 0.717) is 19.4 Å². The quantitative estimate of drug-likeness (QED) is 0.338. The van der Waals surface area contributed by atoms with Crippen molar-refractivity contribution in [2.24, 2.45) is 0 Å². The van der Waals surface area contributed by atoms with Gasteiger partial charge in [0.2, 0.25) is 5.91 Å². The first-order chi connectivity index (χ1) is 13.3. The third kappa shape index (κ3) is 6.50. The summed E-state index contributed by atoms with van der Waals surface area (Å²) in [7, 11) is 0. The number of anilines is 1. The van der Waals surface area contributed by atoms with Crippen LogP contribution >= 0.6 is 43.5 Å². The molecule has 0 aliphatic heterocycles. The van der Waals surface area contributed by atoms with Crippen LogP contribution in [0.5, 0.6) is 5.75 Å². The van der Waals surface area contributed by atoms with Crippen LogP contribution in [0, 0.1) is 13.8 Å². The molecular weight excluding hydrogens is 506 g/mol. The fourth-order valence-corrected chi connectivity index (χ4v) is 4.04. The minimum absolute atomic E-state index is 0.0202. The number of aryl methyl sites for hydroxylation is 2. The van der Waals surface area contributed by atoms with E-state index in [9.17, 15) is 4.79 Å². The van der Waals surface area contributed by atoms with Gasteiger partial charge < -0.3 is 10.1 Å². The molecule has 2 rings (SSSR count). The number of rotatable bonds is 9. The molecule has 0 bridgehead atoms. The Morgan fingerprint density at radius 2 is 1.93 bits per heavy atom. The molecule has 0 aliphatic rings. The fraction of sp³-hybridized carbons (Fsp3) is 0.409. The number of benzene rings is 2. The van der Waals surface area contributed by atoms with Gasteiger partial charge in [-0.3, -0.25) is 4.79 Å². The van der Waals surface area contributed by atoms with Crippen LogP contribution in [0.15, 0.2) is 33.2 Å². The second-order valence-electron chi connectivity index (χ2n) is 6.86. The smallest absolute Gasteiger partial charge is 0.224 e. The molecule has 1 amide bonds. The highest BCUT2D eigenvalue weighted by Crippen LogP contribution is 2.35. The van der Waals surface area contributed by atoms with E-state index in [4.69, 9.17) is 16.3 Å². The van der Waals surface area contributed by atoms with Crippen LogP contribution < -0.4 is 10.1 Å². The van der Waals surface area contributed by atoms with Crippen LogP contribution in [0.1, 0.15) is 49.3 Å². The summed E-state index contributed by atoms with van der Waals surface area (Å²) in [6.45, 7) is 6.55. The molecule has 0 aromatic heterocycles. The van der Waals surface area contributed by atoms with E-state index in [1.165, 1.54) is 18.4 Å². The number of unbranched alkanes of at least 4 members (excludes halogenated alkanes) is 1. The Labute approximate surface area is 189 Å². The van der Waals surface area contributed by atoms with E-state index in [1.54, 1.807) is 0 Å². The normalized spacial score (nSPS) is 10.8. The molecule has 0 radical (unpaired) electrons. The molecule has 0 saturated heterocycles. The van der Waals surface area contributed by atoms with Gasteiger partial charge in [-0.05, 0) is 99.9 Å². The molecular formula is C22H26Br2ClNO2. The maximum Gasteiger partial charge on any atom is 0.224 e. The Hall–Kier alpha value is -1.04. The van der Waals surface area contributed by atoms with Crippen molar-refractivity contribution in [3.8, 4) is 5.75 Å². The van der Waals surface area contributed by atoms with E-state index in [1.807, 2.05) is 26.0 Å².